The molecule has 1 heterocycles. The molecule has 0 unspecified atom stereocenters. The maximum Gasteiger partial charge on any atom is 0.128 e. The third-order valence-electron chi connectivity index (χ3n) is 3.93. The molecular weight excluding hydrogens is 258 g/mol. The number of H-pyrrole nitrogens is 1. The zero-order valence-electron chi connectivity index (χ0n) is 11.8. The predicted octanol–water partition coefficient (Wildman–Crippen LogP) is 5.00. The molecule has 2 nitrogen and oxygen atoms in total. The van der Waals surface area contributed by atoms with Crippen molar-refractivity contribution < 1.29 is 4.74 Å². The second kappa shape index (κ2) is 4.67. The number of ether oxygens (including phenoxy) is 1. The SMILES string of the molecule is COc1ccc2c([nH]c3ccccc32)c1-c1ccccc1. The molecule has 102 valence electrons. The summed E-state index contributed by atoms with van der Waals surface area (Å²) in [5, 5.41) is 2.47. The van der Waals surface area contributed by atoms with Gasteiger partial charge in [0.05, 0.1) is 12.6 Å². The number of hydrogen-bond acceptors (Lipinski definition) is 1. The summed E-state index contributed by atoms with van der Waals surface area (Å²) in [7, 11) is 1.72. The number of rotatable bonds is 2. The van der Waals surface area contributed by atoms with Crippen LogP contribution in [0, 0.1) is 0 Å². The number of para-hydroxylation sites is 1. The lowest BCUT2D eigenvalue weighted by atomic mass is 10.0. The summed E-state index contributed by atoms with van der Waals surface area (Å²) in [6.45, 7) is 0. The average molecular weight is 273 g/mol. The Morgan fingerprint density at radius 3 is 2.33 bits per heavy atom. The standard InChI is InChI=1S/C19H15NO/c1-21-17-12-11-15-14-9-5-6-10-16(14)20-19(15)18(17)13-7-3-2-4-8-13/h2-12,20H,1H3. The first kappa shape index (κ1) is 12.0. The Labute approximate surface area is 123 Å². The Bertz CT molecular complexity index is 922. The molecule has 4 aromatic rings. The molecule has 0 radical (unpaired) electrons. The van der Waals surface area contributed by atoms with Gasteiger partial charge in [-0.3, -0.25) is 0 Å². The molecule has 0 aliphatic heterocycles. The van der Waals surface area contributed by atoms with E-state index in [0.717, 1.165) is 27.9 Å². The van der Waals surface area contributed by atoms with E-state index < -0.39 is 0 Å². The number of fused-ring (bicyclic) bond motifs is 3. The normalized spacial score (nSPS) is 11.1. The molecule has 0 saturated carbocycles. The third kappa shape index (κ3) is 1.80. The molecule has 2 heteroatoms. The minimum atomic E-state index is 0.889. The van der Waals surface area contributed by atoms with Crippen LogP contribution in [0.3, 0.4) is 0 Å². The van der Waals surface area contributed by atoms with E-state index in [1.807, 2.05) is 12.1 Å². The molecule has 0 atom stereocenters. The van der Waals surface area contributed by atoms with Crippen molar-refractivity contribution >= 4 is 21.8 Å². The molecule has 0 fully saturated rings. The summed E-state index contributed by atoms with van der Waals surface area (Å²) in [5.74, 6) is 0.889. The smallest absolute Gasteiger partial charge is 0.128 e. The van der Waals surface area contributed by atoms with Crippen LogP contribution >= 0.6 is 0 Å². The van der Waals surface area contributed by atoms with Gasteiger partial charge in [0.2, 0.25) is 0 Å². The highest BCUT2D eigenvalue weighted by atomic mass is 16.5. The van der Waals surface area contributed by atoms with Gasteiger partial charge in [0.15, 0.2) is 0 Å². The fraction of sp³-hybridized carbons (Fsp3) is 0.0526. The zero-order valence-corrected chi connectivity index (χ0v) is 11.8. The minimum absolute atomic E-state index is 0.889. The van der Waals surface area contributed by atoms with Gasteiger partial charge >= 0.3 is 0 Å². The number of nitrogens with one attached hydrogen (secondary N) is 1. The quantitative estimate of drug-likeness (QED) is 0.546. The van der Waals surface area contributed by atoms with Gasteiger partial charge in [0.25, 0.3) is 0 Å². The molecule has 0 amide bonds. The van der Waals surface area contributed by atoms with Gasteiger partial charge in [0, 0.05) is 21.9 Å². The van der Waals surface area contributed by atoms with E-state index in [1.165, 1.54) is 10.8 Å². The lowest BCUT2D eigenvalue weighted by molar-refractivity contribution is 0.417. The first-order valence-electron chi connectivity index (χ1n) is 7.01. The summed E-state index contributed by atoms with van der Waals surface area (Å²) >= 11 is 0. The molecule has 4 rings (SSSR count). The average Bonchev–Trinajstić information content (AvgIpc) is 2.93. The molecule has 0 aliphatic rings. The van der Waals surface area contributed by atoms with Crippen LogP contribution in [0.4, 0.5) is 0 Å². The Hall–Kier alpha value is -2.74. The van der Waals surface area contributed by atoms with Crippen molar-refractivity contribution in [1.82, 2.24) is 4.98 Å². The summed E-state index contributed by atoms with van der Waals surface area (Å²) in [5.41, 5.74) is 4.55. The number of aromatic amines is 1. The number of benzene rings is 3. The van der Waals surface area contributed by atoms with Crippen LogP contribution in [0.1, 0.15) is 0 Å². The van der Waals surface area contributed by atoms with Crippen LogP contribution in [0.5, 0.6) is 5.75 Å². The van der Waals surface area contributed by atoms with E-state index in [2.05, 4.69) is 59.6 Å². The highest BCUT2D eigenvalue weighted by Gasteiger charge is 2.14. The van der Waals surface area contributed by atoms with E-state index in [-0.39, 0.29) is 0 Å². The number of aromatic nitrogens is 1. The molecule has 21 heavy (non-hydrogen) atoms. The maximum atomic E-state index is 5.58. The van der Waals surface area contributed by atoms with E-state index in [9.17, 15) is 0 Å². The van der Waals surface area contributed by atoms with Crippen LogP contribution in [0.25, 0.3) is 32.9 Å². The van der Waals surface area contributed by atoms with Crippen LogP contribution in [0.2, 0.25) is 0 Å². The predicted molar refractivity (Wildman–Crippen MR) is 87.8 cm³/mol. The highest BCUT2D eigenvalue weighted by Crippen LogP contribution is 2.39. The molecule has 0 aliphatic carbocycles. The summed E-state index contributed by atoms with van der Waals surface area (Å²) in [6.07, 6.45) is 0. The first-order chi connectivity index (χ1) is 10.4. The molecule has 1 N–H and O–H groups in total. The van der Waals surface area contributed by atoms with Crippen LogP contribution in [-0.2, 0) is 0 Å². The van der Waals surface area contributed by atoms with Crippen molar-refractivity contribution in [2.45, 2.75) is 0 Å². The monoisotopic (exact) mass is 273 g/mol. The maximum absolute atomic E-state index is 5.58. The highest BCUT2D eigenvalue weighted by molar-refractivity contribution is 6.12. The van der Waals surface area contributed by atoms with Crippen molar-refractivity contribution in [2.24, 2.45) is 0 Å². The van der Waals surface area contributed by atoms with Gasteiger partial charge in [0.1, 0.15) is 5.75 Å². The number of hydrogen-bond donors (Lipinski definition) is 1. The molecule has 1 aromatic heterocycles. The summed E-state index contributed by atoms with van der Waals surface area (Å²) in [6, 6.07) is 22.9. The van der Waals surface area contributed by atoms with Crippen molar-refractivity contribution in [3.8, 4) is 16.9 Å². The topological polar surface area (TPSA) is 25.0 Å². The van der Waals surface area contributed by atoms with Crippen LogP contribution in [0.15, 0.2) is 66.7 Å². The second-order valence-electron chi connectivity index (χ2n) is 5.10. The van der Waals surface area contributed by atoms with E-state index in [1.54, 1.807) is 7.11 Å². The van der Waals surface area contributed by atoms with E-state index >= 15 is 0 Å². The summed E-state index contributed by atoms with van der Waals surface area (Å²) < 4.78 is 5.58. The Balaban J connectivity index is 2.16. The van der Waals surface area contributed by atoms with Crippen LogP contribution < -0.4 is 4.74 Å². The third-order valence-corrected chi connectivity index (χ3v) is 3.93. The molecule has 0 saturated heterocycles. The van der Waals surface area contributed by atoms with Gasteiger partial charge < -0.3 is 9.72 Å². The molecule has 0 spiro atoms. The fourth-order valence-electron chi connectivity index (χ4n) is 2.96. The van der Waals surface area contributed by atoms with Crippen molar-refractivity contribution in [2.75, 3.05) is 7.11 Å². The molecular formula is C19H15NO. The fourth-order valence-corrected chi connectivity index (χ4v) is 2.96. The Kier molecular flexibility index (Phi) is 2.68. The van der Waals surface area contributed by atoms with Gasteiger partial charge in [-0.25, -0.2) is 0 Å². The summed E-state index contributed by atoms with van der Waals surface area (Å²) in [4.78, 5) is 3.54. The van der Waals surface area contributed by atoms with Crippen molar-refractivity contribution in [3.63, 3.8) is 0 Å². The van der Waals surface area contributed by atoms with Crippen LogP contribution in [-0.4, -0.2) is 12.1 Å². The van der Waals surface area contributed by atoms with Crippen molar-refractivity contribution in [3.05, 3.63) is 66.7 Å². The largest absolute Gasteiger partial charge is 0.496 e. The van der Waals surface area contributed by atoms with Gasteiger partial charge in [-0.2, -0.15) is 0 Å². The number of methoxy groups -OCH3 is 1. The lowest BCUT2D eigenvalue weighted by Crippen LogP contribution is -1.89. The molecule has 0 bridgehead atoms. The van der Waals surface area contributed by atoms with Crippen molar-refractivity contribution in [1.29, 1.82) is 0 Å². The lowest BCUT2D eigenvalue weighted by Gasteiger charge is -2.10. The van der Waals surface area contributed by atoms with Gasteiger partial charge in [-0.05, 0) is 23.8 Å². The van der Waals surface area contributed by atoms with Gasteiger partial charge in [-0.1, -0.05) is 48.5 Å². The second-order valence-corrected chi connectivity index (χ2v) is 5.10. The molecule has 3 aromatic carbocycles. The zero-order chi connectivity index (χ0) is 14.2. The van der Waals surface area contributed by atoms with E-state index in [0.29, 0.717) is 0 Å². The minimum Gasteiger partial charge on any atom is -0.496 e. The van der Waals surface area contributed by atoms with Gasteiger partial charge in [-0.15, -0.1) is 0 Å². The van der Waals surface area contributed by atoms with E-state index in [4.69, 9.17) is 4.74 Å². The Morgan fingerprint density at radius 1 is 0.762 bits per heavy atom. The Morgan fingerprint density at radius 2 is 1.52 bits per heavy atom. The first-order valence-corrected chi connectivity index (χ1v) is 7.01.